The standard InChI is InChI=1S/C28H34O2/c1-5-18(2)21-9-11-22(12-10-21)28(29)30-20(4)23-13-14-24-17-27-19(3)7-6-8-25(27)16-26(24)15-23/h6-8,13-18,20-22H,5,9-12H2,1-4H3. The van der Waals surface area contributed by atoms with E-state index in [-0.39, 0.29) is 18.0 Å². The van der Waals surface area contributed by atoms with Gasteiger partial charge in [-0.3, -0.25) is 4.79 Å². The van der Waals surface area contributed by atoms with Crippen LogP contribution in [0.5, 0.6) is 0 Å². The van der Waals surface area contributed by atoms with Gasteiger partial charge in [0.05, 0.1) is 5.92 Å². The lowest BCUT2D eigenvalue weighted by Crippen LogP contribution is -2.26. The van der Waals surface area contributed by atoms with Crippen LogP contribution in [0.1, 0.15) is 70.1 Å². The van der Waals surface area contributed by atoms with Gasteiger partial charge in [-0.05, 0) is 102 Å². The number of esters is 1. The maximum atomic E-state index is 12.8. The van der Waals surface area contributed by atoms with E-state index in [0.29, 0.717) is 0 Å². The van der Waals surface area contributed by atoms with E-state index in [1.807, 2.05) is 6.92 Å². The molecule has 4 rings (SSSR count). The van der Waals surface area contributed by atoms with Gasteiger partial charge in [-0.2, -0.15) is 0 Å². The summed E-state index contributed by atoms with van der Waals surface area (Å²) in [5.74, 6) is 1.59. The highest BCUT2D eigenvalue weighted by Crippen LogP contribution is 2.36. The number of benzene rings is 3. The van der Waals surface area contributed by atoms with Gasteiger partial charge in [0.25, 0.3) is 0 Å². The van der Waals surface area contributed by atoms with Crippen molar-refractivity contribution < 1.29 is 9.53 Å². The lowest BCUT2D eigenvalue weighted by Gasteiger charge is -2.31. The van der Waals surface area contributed by atoms with Crippen LogP contribution >= 0.6 is 0 Å². The highest BCUT2D eigenvalue weighted by Gasteiger charge is 2.30. The molecule has 158 valence electrons. The van der Waals surface area contributed by atoms with E-state index in [9.17, 15) is 4.79 Å². The Bertz CT molecular complexity index is 1040. The van der Waals surface area contributed by atoms with Crippen LogP contribution in [0.15, 0.2) is 48.5 Å². The fraction of sp³-hybridized carbons (Fsp3) is 0.464. The maximum absolute atomic E-state index is 12.8. The molecule has 30 heavy (non-hydrogen) atoms. The lowest BCUT2D eigenvalue weighted by atomic mass is 9.75. The van der Waals surface area contributed by atoms with Crippen LogP contribution in [0.3, 0.4) is 0 Å². The highest BCUT2D eigenvalue weighted by molar-refractivity contribution is 5.99. The zero-order valence-corrected chi connectivity index (χ0v) is 18.8. The van der Waals surface area contributed by atoms with Crippen molar-refractivity contribution in [1.29, 1.82) is 0 Å². The molecule has 3 aromatic rings. The largest absolute Gasteiger partial charge is 0.458 e. The van der Waals surface area contributed by atoms with Gasteiger partial charge < -0.3 is 4.74 Å². The smallest absolute Gasteiger partial charge is 0.309 e. The number of hydrogen-bond acceptors (Lipinski definition) is 2. The van der Waals surface area contributed by atoms with Crippen LogP contribution in [0.25, 0.3) is 21.5 Å². The summed E-state index contributed by atoms with van der Waals surface area (Å²) in [6.45, 7) is 8.76. The summed E-state index contributed by atoms with van der Waals surface area (Å²) in [5, 5.41) is 4.97. The Morgan fingerprint density at radius 3 is 2.47 bits per heavy atom. The molecule has 0 heterocycles. The van der Waals surface area contributed by atoms with E-state index in [1.165, 1.54) is 33.5 Å². The first-order valence-electron chi connectivity index (χ1n) is 11.6. The van der Waals surface area contributed by atoms with Crippen molar-refractivity contribution in [2.24, 2.45) is 17.8 Å². The van der Waals surface area contributed by atoms with Gasteiger partial charge in [-0.15, -0.1) is 0 Å². The number of ether oxygens (including phenoxy) is 1. The molecule has 0 saturated heterocycles. The molecule has 1 fully saturated rings. The Kier molecular flexibility index (Phi) is 6.13. The number of carbonyl (C=O) groups is 1. The van der Waals surface area contributed by atoms with E-state index >= 15 is 0 Å². The molecular weight excluding hydrogens is 368 g/mol. The summed E-state index contributed by atoms with van der Waals surface area (Å²) in [6.07, 6.45) is 5.28. The topological polar surface area (TPSA) is 26.3 Å². The van der Waals surface area contributed by atoms with Gasteiger partial charge in [-0.25, -0.2) is 0 Å². The van der Waals surface area contributed by atoms with E-state index in [1.54, 1.807) is 0 Å². The molecule has 0 amide bonds. The average molecular weight is 403 g/mol. The molecule has 0 aromatic heterocycles. The zero-order chi connectivity index (χ0) is 21.3. The van der Waals surface area contributed by atoms with E-state index in [2.05, 4.69) is 69.3 Å². The van der Waals surface area contributed by atoms with Gasteiger partial charge >= 0.3 is 5.97 Å². The van der Waals surface area contributed by atoms with Crippen LogP contribution in [0.4, 0.5) is 0 Å². The van der Waals surface area contributed by atoms with Crippen molar-refractivity contribution in [3.63, 3.8) is 0 Å². The zero-order valence-electron chi connectivity index (χ0n) is 18.8. The van der Waals surface area contributed by atoms with Crippen molar-refractivity contribution in [1.82, 2.24) is 0 Å². The summed E-state index contributed by atoms with van der Waals surface area (Å²) in [7, 11) is 0. The van der Waals surface area contributed by atoms with Crippen LogP contribution in [0.2, 0.25) is 0 Å². The fourth-order valence-corrected chi connectivity index (χ4v) is 5.05. The quantitative estimate of drug-likeness (QED) is 0.322. The second kappa shape index (κ2) is 8.79. The monoisotopic (exact) mass is 402 g/mol. The molecule has 1 saturated carbocycles. The van der Waals surface area contributed by atoms with Crippen LogP contribution in [-0.2, 0) is 9.53 Å². The number of aryl methyl sites for hydroxylation is 1. The Balaban J connectivity index is 1.46. The Morgan fingerprint density at radius 1 is 0.967 bits per heavy atom. The van der Waals surface area contributed by atoms with Gasteiger partial charge in [0.1, 0.15) is 6.10 Å². The highest BCUT2D eigenvalue weighted by atomic mass is 16.5. The Hall–Kier alpha value is -2.35. The molecule has 2 unspecified atom stereocenters. The predicted molar refractivity (Wildman–Crippen MR) is 126 cm³/mol. The molecule has 2 atom stereocenters. The second-order valence-corrected chi connectivity index (χ2v) is 9.33. The van der Waals surface area contributed by atoms with Crippen molar-refractivity contribution in [2.45, 2.75) is 65.9 Å². The minimum absolute atomic E-state index is 0.0145. The minimum atomic E-state index is -0.220. The summed E-state index contributed by atoms with van der Waals surface area (Å²) in [6, 6.07) is 17.3. The molecule has 2 nitrogen and oxygen atoms in total. The minimum Gasteiger partial charge on any atom is -0.458 e. The summed E-state index contributed by atoms with van der Waals surface area (Å²) >= 11 is 0. The molecule has 1 aliphatic rings. The van der Waals surface area contributed by atoms with Crippen LogP contribution in [-0.4, -0.2) is 5.97 Å². The van der Waals surface area contributed by atoms with Crippen molar-refractivity contribution >= 4 is 27.5 Å². The lowest BCUT2D eigenvalue weighted by molar-refractivity contribution is -0.155. The molecule has 2 heteroatoms. The number of carbonyl (C=O) groups excluding carboxylic acids is 1. The van der Waals surface area contributed by atoms with Crippen LogP contribution in [0, 0.1) is 24.7 Å². The van der Waals surface area contributed by atoms with Gasteiger partial charge in [0.2, 0.25) is 0 Å². The van der Waals surface area contributed by atoms with E-state index in [4.69, 9.17) is 4.74 Å². The third-order valence-electron chi connectivity index (χ3n) is 7.40. The SMILES string of the molecule is CCC(C)C1CCC(C(=O)OC(C)c2ccc3cc4c(C)cccc4cc3c2)CC1. The molecule has 0 aliphatic heterocycles. The predicted octanol–water partition coefficient (Wildman–Crippen LogP) is 7.76. The third kappa shape index (κ3) is 4.24. The molecule has 0 spiro atoms. The number of fused-ring (bicyclic) bond motifs is 2. The Morgan fingerprint density at radius 2 is 1.73 bits per heavy atom. The first-order chi connectivity index (χ1) is 14.5. The summed E-state index contributed by atoms with van der Waals surface area (Å²) in [4.78, 5) is 12.8. The number of hydrogen-bond donors (Lipinski definition) is 0. The van der Waals surface area contributed by atoms with Gasteiger partial charge in [0, 0.05) is 0 Å². The van der Waals surface area contributed by atoms with Crippen molar-refractivity contribution in [2.75, 3.05) is 0 Å². The first kappa shape index (κ1) is 20.9. The van der Waals surface area contributed by atoms with E-state index < -0.39 is 0 Å². The second-order valence-electron chi connectivity index (χ2n) is 9.33. The average Bonchev–Trinajstić information content (AvgIpc) is 2.77. The molecule has 1 aliphatic carbocycles. The third-order valence-corrected chi connectivity index (χ3v) is 7.40. The molecule has 0 bridgehead atoms. The first-order valence-corrected chi connectivity index (χ1v) is 11.6. The van der Waals surface area contributed by atoms with Gasteiger partial charge in [-0.1, -0.05) is 50.6 Å². The van der Waals surface area contributed by atoms with Crippen LogP contribution < -0.4 is 0 Å². The van der Waals surface area contributed by atoms with Gasteiger partial charge in [0.15, 0.2) is 0 Å². The molecule has 3 aromatic carbocycles. The fourth-order valence-electron chi connectivity index (χ4n) is 5.05. The molecular formula is C28H34O2. The summed E-state index contributed by atoms with van der Waals surface area (Å²) < 4.78 is 5.91. The van der Waals surface area contributed by atoms with Crippen molar-refractivity contribution in [3.8, 4) is 0 Å². The molecule has 0 N–H and O–H groups in total. The molecule has 0 radical (unpaired) electrons. The summed E-state index contributed by atoms with van der Waals surface area (Å²) in [5.41, 5.74) is 2.36. The van der Waals surface area contributed by atoms with E-state index in [0.717, 1.165) is 43.1 Å². The number of rotatable bonds is 5. The maximum Gasteiger partial charge on any atom is 0.309 e. The van der Waals surface area contributed by atoms with Crippen molar-refractivity contribution in [3.05, 3.63) is 59.7 Å². The normalized spacial score (nSPS) is 21.5. The Labute approximate surface area is 180 Å².